The van der Waals surface area contributed by atoms with E-state index >= 15 is 0 Å². The first-order valence-corrected chi connectivity index (χ1v) is 42.7. The number of aliphatic hydroxyl groups is 1. The molecule has 6 atom stereocenters. The predicted octanol–water partition coefficient (Wildman–Crippen LogP) is 22.4. The Hall–Kier alpha value is -1.94. The minimum atomic E-state index is -4.96. The van der Waals surface area contributed by atoms with E-state index in [0.29, 0.717) is 25.7 Å². The molecule has 0 amide bonds. The second-order valence-electron chi connectivity index (χ2n) is 29.4. The van der Waals surface area contributed by atoms with Crippen LogP contribution < -0.4 is 0 Å². The number of phosphoric acid groups is 2. The quantitative estimate of drug-likeness (QED) is 0.0222. The first-order chi connectivity index (χ1) is 46.1. The van der Waals surface area contributed by atoms with Crippen LogP contribution >= 0.6 is 15.6 Å². The Balaban J connectivity index is 5.26. The maximum atomic E-state index is 13.1. The summed E-state index contributed by atoms with van der Waals surface area (Å²) in [7, 11) is -9.92. The standard InChI is InChI=1S/C77H150O17P2/c1-9-70(8)56-48-40-32-26-28-36-44-52-60-77(82)94-73(64-88-75(80)58-50-42-34-27-25-31-39-47-55-69(6)7)66-92-96(85,86)90-62-71(78)61-89-95(83,84)91-65-72(63-87-74(79)57-49-41-33-23-19-16-12-14-18-22-30-38-46-54-68(4)5)93-76(81)59-51-43-35-24-20-15-11-10-13-17-21-29-37-45-53-67(2)3/h67-73,78H,9-66H2,1-8H3,(H,83,84)(H,85,86)/t70?,71?,72-,73-/m1/s1. The largest absolute Gasteiger partial charge is 0.472 e. The molecule has 0 aliphatic rings. The summed E-state index contributed by atoms with van der Waals surface area (Å²) in [5.41, 5.74) is 0. The summed E-state index contributed by atoms with van der Waals surface area (Å²) >= 11 is 0. The molecular formula is C77H150O17P2. The molecule has 0 aliphatic carbocycles. The van der Waals surface area contributed by atoms with Gasteiger partial charge >= 0.3 is 39.5 Å². The van der Waals surface area contributed by atoms with Crippen molar-refractivity contribution in [2.45, 2.75) is 408 Å². The third kappa shape index (κ3) is 69.2. The highest BCUT2D eigenvalue weighted by molar-refractivity contribution is 7.47. The minimum absolute atomic E-state index is 0.104. The lowest BCUT2D eigenvalue weighted by Crippen LogP contribution is -2.30. The average Bonchev–Trinajstić information content (AvgIpc) is 2.83. The molecule has 0 aromatic carbocycles. The molecule has 0 aliphatic heterocycles. The van der Waals surface area contributed by atoms with Gasteiger partial charge in [0.15, 0.2) is 12.2 Å². The minimum Gasteiger partial charge on any atom is -0.462 e. The lowest BCUT2D eigenvalue weighted by Gasteiger charge is -2.21. The normalized spacial score (nSPS) is 14.4. The molecule has 0 saturated carbocycles. The van der Waals surface area contributed by atoms with E-state index in [2.05, 4.69) is 55.4 Å². The van der Waals surface area contributed by atoms with Crippen molar-refractivity contribution in [2.24, 2.45) is 23.7 Å². The van der Waals surface area contributed by atoms with Crippen molar-refractivity contribution in [3.8, 4) is 0 Å². The van der Waals surface area contributed by atoms with Crippen LogP contribution in [-0.2, 0) is 65.4 Å². The molecule has 0 rings (SSSR count). The fraction of sp³-hybridized carbons (Fsp3) is 0.948. The van der Waals surface area contributed by atoms with Gasteiger partial charge in [-0.1, -0.05) is 338 Å². The van der Waals surface area contributed by atoms with Crippen LogP contribution in [0.25, 0.3) is 0 Å². The van der Waals surface area contributed by atoms with Crippen LogP contribution in [0, 0.1) is 23.7 Å². The molecular weight excluding hydrogens is 1260 g/mol. The second kappa shape index (κ2) is 66.3. The third-order valence-electron chi connectivity index (χ3n) is 18.2. The van der Waals surface area contributed by atoms with Gasteiger partial charge in [-0.15, -0.1) is 0 Å². The molecule has 19 heteroatoms. The van der Waals surface area contributed by atoms with Gasteiger partial charge in [-0.3, -0.25) is 37.3 Å². The molecule has 0 heterocycles. The monoisotopic (exact) mass is 1410 g/mol. The number of ether oxygens (including phenoxy) is 4. The first kappa shape index (κ1) is 94.1. The molecule has 4 unspecified atom stereocenters. The Morgan fingerprint density at radius 1 is 0.292 bits per heavy atom. The van der Waals surface area contributed by atoms with Gasteiger partial charge in [0, 0.05) is 25.7 Å². The number of hydrogen-bond acceptors (Lipinski definition) is 15. The Morgan fingerprint density at radius 2 is 0.500 bits per heavy atom. The van der Waals surface area contributed by atoms with Crippen molar-refractivity contribution in [3.05, 3.63) is 0 Å². The maximum absolute atomic E-state index is 13.1. The van der Waals surface area contributed by atoms with Gasteiger partial charge in [-0.2, -0.15) is 0 Å². The second-order valence-corrected chi connectivity index (χ2v) is 32.3. The van der Waals surface area contributed by atoms with Crippen molar-refractivity contribution in [1.29, 1.82) is 0 Å². The maximum Gasteiger partial charge on any atom is 0.472 e. The van der Waals surface area contributed by atoms with Crippen LogP contribution in [-0.4, -0.2) is 96.7 Å². The topological polar surface area (TPSA) is 237 Å². The van der Waals surface area contributed by atoms with Gasteiger partial charge in [-0.05, 0) is 49.4 Å². The van der Waals surface area contributed by atoms with Gasteiger partial charge < -0.3 is 33.8 Å². The van der Waals surface area contributed by atoms with E-state index < -0.39 is 97.5 Å². The van der Waals surface area contributed by atoms with Crippen LogP contribution in [0.2, 0.25) is 0 Å². The smallest absolute Gasteiger partial charge is 0.462 e. The van der Waals surface area contributed by atoms with E-state index in [1.54, 1.807) is 0 Å². The zero-order chi connectivity index (χ0) is 71.0. The molecule has 0 bridgehead atoms. The molecule has 96 heavy (non-hydrogen) atoms. The van der Waals surface area contributed by atoms with Crippen LogP contribution in [0.5, 0.6) is 0 Å². The van der Waals surface area contributed by atoms with Crippen molar-refractivity contribution in [1.82, 2.24) is 0 Å². The van der Waals surface area contributed by atoms with E-state index in [9.17, 15) is 43.2 Å². The van der Waals surface area contributed by atoms with Gasteiger partial charge in [0.1, 0.15) is 19.3 Å². The SMILES string of the molecule is CCC(C)CCCCCCCCCCC(=O)O[C@H](COC(=O)CCCCCCCCCCC(C)C)COP(=O)(O)OCC(O)COP(=O)(O)OC[C@@H](COC(=O)CCCCCCCCCCCCCCCC(C)C)OC(=O)CCCCCCCCCCCCCCCCC(C)C. The molecule has 0 aromatic heterocycles. The van der Waals surface area contributed by atoms with Crippen molar-refractivity contribution in [3.63, 3.8) is 0 Å². The number of phosphoric ester groups is 2. The summed E-state index contributed by atoms with van der Waals surface area (Å²) in [5, 5.41) is 10.6. The zero-order valence-electron chi connectivity index (χ0n) is 63.0. The highest BCUT2D eigenvalue weighted by Crippen LogP contribution is 2.45. The van der Waals surface area contributed by atoms with Gasteiger partial charge in [0.05, 0.1) is 26.4 Å². The van der Waals surface area contributed by atoms with Crippen LogP contribution in [0.3, 0.4) is 0 Å². The van der Waals surface area contributed by atoms with Gasteiger partial charge in [0.25, 0.3) is 0 Å². The van der Waals surface area contributed by atoms with E-state index in [-0.39, 0.29) is 25.7 Å². The number of carbonyl (C=O) groups is 4. The number of rotatable bonds is 74. The Labute approximate surface area is 588 Å². The van der Waals surface area contributed by atoms with E-state index in [4.69, 9.17) is 37.0 Å². The molecule has 0 spiro atoms. The molecule has 17 nitrogen and oxygen atoms in total. The molecule has 0 aromatic rings. The van der Waals surface area contributed by atoms with Crippen LogP contribution in [0.4, 0.5) is 0 Å². The fourth-order valence-corrected chi connectivity index (χ4v) is 13.3. The van der Waals surface area contributed by atoms with Crippen molar-refractivity contribution >= 4 is 39.5 Å². The average molecular weight is 1410 g/mol. The first-order valence-electron chi connectivity index (χ1n) is 39.7. The highest BCUT2D eigenvalue weighted by Gasteiger charge is 2.30. The molecule has 570 valence electrons. The summed E-state index contributed by atoms with van der Waals surface area (Å²) in [4.78, 5) is 72.9. The number of unbranched alkanes of at least 4 members (excludes halogenated alkanes) is 39. The number of esters is 4. The molecule has 0 saturated heterocycles. The number of hydrogen-bond donors (Lipinski definition) is 3. The number of carbonyl (C=O) groups excluding carboxylic acids is 4. The number of aliphatic hydroxyl groups excluding tert-OH is 1. The summed E-state index contributed by atoms with van der Waals surface area (Å²) in [6.07, 6.45) is 51.3. The summed E-state index contributed by atoms with van der Waals surface area (Å²) in [6.45, 7) is 14.2. The zero-order valence-corrected chi connectivity index (χ0v) is 64.8. The van der Waals surface area contributed by atoms with Gasteiger partial charge in [0.2, 0.25) is 0 Å². The predicted molar refractivity (Wildman–Crippen MR) is 391 cm³/mol. The Kier molecular flexibility index (Phi) is 65.0. The summed E-state index contributed by atoms with van der Waals surface area (Å²) in [6, 6.07) is 0. The lowest BCUT2D eigenvalue weighted by molar-refractivity contribution is -0.161. The Morgan fingerprint density at radius 3 is 0.740 bits per heavy atom. The molecule has 3 N–H and O–H groups in total. The van der Waals surface area contributed by atoms with E-state index in [0.717, 1.165) is 114 Å². The summed E-state index contributed by atoms with van der Waals surface area (Å²) < 4.78 is 68.6. The fourth-order valence-electron chi connectivity index (χ4n) is 11.7. The van der Waals surface area contributed by atoms with E-state index in [1.807, 2.05) is 0 Å². The van der Waals surface area contributed by atoms with Gasteiger partial charge in [-0.25, -0.2) is 9.13 Å². The van der Waals surface area contributed by atoms with E-state index in [1.165, 1.54) is 193 Å². The third-order valence-corrected chi connectivity index (χ3v) is 20.1. The molecule has 0 radical (unpaired) electrons. The Bertz CT molecular complexity index is 1890. The van der Waals surface area contributed by atoms with Crippen LogP contribution in [0.1, 0.15) is 389 Å². The van der Waals surface area contributed by atoms with Crippen molar-refractivity contribution in [2.75, 3.05) is 39.6 Å². The highest BCUT2D eigenvalue weighted by atomic mass is 31.2. The summed E-state index contributed by atoms with van der Waals surface area (Å²) in [5.74, 6) is 0.962. The van der Waals surface area contributed by atoms with Crippen LogP contribution in [0.15, 0.2) is 0 Å². The lowest BCUT2D eigenvalue weighted by atomic mass is 9.99. The molecule has 0 fully saturated rings. The van der Waals surface area contributed by atoms with Crippen molar-refractivity contribution < 1.29 is 80.2 Å².